The van der Waals surface area contributed by atoms with Crippen LogP contribution in [-0.2, 0) is 0 Å². The van der Waals surface area contributed by atoms with E-state index in [-0.39, 0.29) is 0 Å². The average Bonchev–Trinajstić information content (AvgIpc) is 3.64. The molecule has 0 amide bonds. The van der Waals surface area contributed by atoms with Gasteiger partial charge in [0.25, 0.3) is 0 Å². The molecule has 0 bridgehead atoms. The molecule has 0 spiro atoms. The Morgan fingerprint density at radius 2 is 0.886 bits per heavy atom. The summed E-state index contributed by atoms with van der Waals surface area (Å²) < 4.78 is 12.7. The number of furan rings is 2. The number of allylic oxidation sites excluding steroid dienone is 4. The molecule has 0 fully saturated rings. The topological polar surface area (TPSA) is 26.3 Å². The van der Waals surface area contributed by atoms with Gasteiger partial charge in [0.1, 0.15) is 22.3 Å². The van der Waals surface area contributed by atoms with Crippen LogP contribution in [0.25, 0.3) is 82.8 Å². The van der Waals surface area contributed by atoms with Crippen LogP contribution in [0.5, 0.6) is 0 Å². The van der Waals surface area contributed by atoms with E-state index >= 15 is 0 Å². The Balaban J connectivity index is 1.16. The highest BCUT2D eigenvalue weighted by Gasteiger charge is 2.15. The van der Waals surface area contributed by atoms with E-state index in [0.717, 1.165) is 56.7 Å². The summed E-state index contributed by atoms with van der Waals surface area (Å²) in [5.41, 5.74) is 13.2. The van der Waals surface area contributed by atoms with Crippen molar-refractivity contribution in [1.82, 2.24) is 0 Å². The van der Waals surface area contributed by atoms with E-state index in [1.807, 2.05) is 6.07 Å². The quantitative estimate of drug-likeness (QED) is 0.212. The third-order valence-electron chi connectivity index (χ3n) is 8.89. The summed E-state index contributed by atoms with van der Waals surface area (Å²) in [5, 5.41) is 4.42. The molecule has 0 unspecified atom stereocenters. The Morgan fingerprint density at radius 1 is 0.364 bits per heavy atom. The van der Waals surface area contributed by atoms with Crippen molar-refractivity contribution < 1.29 is 8.83 Å². The van der Waals surface area contributed by atoms with Crippen molar-refractivity contribution in [2.45, 2.75) is 12.8 Å². The monoisotopic (exact) mass is 564 g/mol. The van der Waals surface area contributed by atoms with Gasteiger partial charge in [-0.1, -0.05) is 97.1 Å². The highest BCUT2D eigenvalue weighted by atomic mass is 16.3. The van der Waals surface area contributed by atoms with Crippen molar-refractivity contribution in [3.8, 4) is 33.4 Å². The standard InChI is InChI=1S/C42H28O2/c1-3-9-27(10-4-1)29-13-7-15-31(21-29)33-17-19-39-35(23-33)37-25-38-36-24-34(18-20-40(36)44-42(38)26-41(37)43-39)32-16-8-14-30(22-32)28-11-5-2-6-12-28/h1,3-5,7-26H,2,6H2. The molecule has 8 aromatic rings. The largest absolute Gasteiger partial charge is 0.456 e. The van der Waals surface area contributed by atoms with Crippen molar-refractivity contribution >= 4 is 49.5 Å². The van der Waals surface area contributed by atoms with Crippen molar-refractivity contribution in [3.05, 3.63) is 151 Å². The molecule has 2 aromatic heterocycles. The summed E-state index contributed by atoms with van der Waals surface area (Å²) >= 11 is 0. The van der Waals surface area contributed by atoms with Crippen LogP contribution in [0.3, 0.4) is 0 Å². The van der Waals surface area contributed by atoms with Crippen molar-refractivity contribution in [2.24, 2.45) is 0 Å². The number of rotatable bonds is 4. The van der Waals surface area contributed by atoms with Gasteiger partial charge in [-0.2, -0.15) is 0 Å². The SMILES string of the molecule is C1=CC(c2cccc(-c3ccc4oc5cc6oc7ccc(-c8cccc(-c9ccccc9)c8)cc7c6cc5c4c3)c2)=CCC1. The molecule has 1 aliphatic carbocycles. The molecule has 0 N–H and O–H groups in total. The second-order valence-corrected chi connectivity index (χ2v) is 11.6. The summed E-state index contributed by atoms with van der Waals surface area (Å²) in [7, 11) is 0. The highest BCUT2D eigenvalue weighted by molar-refractivity contribution is 6.16. The summed E-state index contributed by atoms with van der Waals surface area (Å²) in [6, 6.07) is 45.4. The van der Waals surface area contributed by atoms with Gasteiger partial charge in [-0.15, -0.1) is 0 Å². The second-order valence-electron chi connectivity index (χ2n) is 11.6. The third-order valence-corrected chi connectivity index (χ3v) is 8.89. The Kier molecular flexibility index (Phi) is 5.67. The van der Waals surface area contributed by atoms with E-state index in [1.54, 1.807) is 0 Å². The molecular formula is C42H28O2. The fourth-order valence-corrected chi connectivity index (χ4v) is 6.62. The number of benzene rings is 6. The molecule has 0 aliphatic heterocycles. The predicted octanol–water partition coefficient (Wildman–Crippen LogP) is 12.2. The minimum atomic E-state index is 0.837. The molecule has 6 aromatic carbocycles. The van der Waals surface area contributed by atoms with Crippen LogP contribution in [0.2, 0.25) is 0 Å². The molecule has 0 saturated carbocycles. The normalized spacial score (nSPS) is 13.3. The van der Waals surface area contributed by atoms with Gasteiger partial charge < -0.3 is 8.83 Å². The lowest BCUT2D eigenvalue weighted by atomic mass is 9.95. The predicted molar refractivity (Wildman–Crippen MR) is 184 cm³/mol. The molecule has 2 heterocycles. The van der Waals surface area contributed by atoms with Gasteiger partial charge in [-0.3, -0.25) is 0 Å². The molecule has 1 aliphatic rings. The van der Waals surface area contributed by atoms with Gasteiger partial charge >= 0.3 is 0 Å². The molecule has 2 heteroatoms. The molecule has 0 radical (unpaired) electrons. The van der Waals surface area contributed by atoms with Gasteiger partial charge in [-0.05, 0) is 99.8 Å². The third kappa shape index (κ3) is 4.19. The highest BCUT2D eigenvalue weighted by Crippen LogP contribution is 2.40. The molecule has 0 saturated heterocycles. The molecule has 0 atom stereocenters. The summed E-state index contributed by atoms with van der Waals surface area (Å²) in [6.07, 6.45) is 9.05. The first-order valence-electron chi connectivity index (χ1n) is 15.2. The van der Waals surface area contributed by atoms with Gasteiger partial charge in [0.2, 0.25) is 0 Å². The lowest BCUT2D eigenvalue weighted by molar-refractivity contribution is 0.656. The maximum Gasteiger partial charge on any atom is 0.139 e. The van der Waals surface area contributed by atoms with Crippen LogP contribution in [0.4, 0.5) is 0 Å². The first-order chi connectivity index (χ1) is 21.8. The maximum absolute atomic E-state index is 6.34. The lowest BCUT2D eigenvalue weighted by Gasteiger charge is -2.09. The van der Waals surface area contributed by atoms with Gasteiger partial charge in [0.15, 0.2) is 0 Å². The summed E-state index contributed by atoms with van der Waals surface area (Å²) in [4.78, 5) is 0. The van der Waals surface area contributed by atoms with Gasteiger partial charge in [0, 0.05) is 27.6 Å². The Hall–Kier alpha value is -5.60. The minimum absolute atomic E-state index is 0.837. The van der Waals surface area contributed by atoms with E-state index in [2.05, 4.69) is 140 Å². The second kappa shape index (κ2) is 10.00. The van der Waals surface area contributed by atoms with Crippen LogP contribution in [-0.4, -0.2) is 0 Å². The molecule has 2 nitrogen and oxygen atoms in total. The van der Waals surface area contributed by atoms with Gasteiger partial charge in [0.05, 0.1) is 0 Å². The molecule has 9 rings (SSSR count). The Labute approximate surface area is 255 Å². The number of hydrogen-bond donors (Lipinski definition) is 0. The van der Waals surface area contributed by atoms with E-state index < -0.39 is 0 Å². The summed E-state index contributed by atoms with van der Waals surface area (Å²) in [5.74, 6) is 0. The molecule has 208 valence electrons. The van der Waals surface area contributed by atoms with Crippen LogP contribution in [0.1, 0.15) is 18.4 Å². The average molecular weight is 565 g/mol. The van der Waals surface area contributed by atoms with Gasteiger partial charge in [-0.25, -0.2) is 0 Å². The fraction of sp³-hybridized carbons (Fsp3) is 0.0476. The van der Waals surface area contributed by atoms with E-state index in [1.165, 1.54) is 44.5 Å². The Morgan fingerprint density at radius 3 is 1.50 bits per heavy atom. The Bertz CT molecular complexity index is 2430. The number of hydrogen-bond acceptors (Lipinski definition) is 2. The number of fused-ring (bicyclic) bond motifs is 6. The van der Waals surface area contributed by atoms with Crippen LogP contribution < -0.4 is 0 Å². The maximum atomic E-state index is 6.34. The first kappa shape index (κ1) is 24.9. The lowest BCUT2D eigenvalue weighted by Crippen LogP contribution is -1.87. The van der Waals surface area contributed by atoms with Crippen molar-refractivity contribution in [3.63, 3.8) is 0 Å². The van der Waals surface area contributed by atoms with Crippen LogP contribution in [0, 0.1) is 0 Å². The zero-order chi connectivity index (χ0) is 29.0. The first-order valence-corrected chi connectivity index (χ1v) is 15.2. The van der Waals surface area contributed by atoms with E-state index in [4.69, 9.17) is 8.83 Å². The summed E-state index contributed by atoms with van der Waals surface area (Å²) in [6.45, 7) is 0. The smallest absolute Gasteiger partial charge is 0.139 e. The van der Waals surface area contributed by atoms with Crippen molar-refractivity contribution in [1.29, 1.82) is 0 Å². The molecule has 44 heavy (non-hydrogen) atoms. The minimum Gasteiger partial charge on any atom is -0.456 e. The van der Waals surface area contributed by atoms with E-state index in [9.17, 15) is 0 Å². The van der Waals surface area contributed by atoms with E-state index in [0.29, 0.717) is 0 Å². The van der Waals surface area contributed by atoms with Crippen molar-refractivity contribution in [2.75, 3.05) is 0 Å². The fourth-order valence-electron chi connectivity index (χ4n) is 6.62. The zero-order valence-electron chi connectivity index (χ0n) is 24.1. The zero-order valence-corrected chi connectivity index (χ0v) is 24.1. The molecular weight excluding hydrogens is 536 g/mol. The van der Waals surface area contributed by atoms with Crippen LogP contribution >= 0.6 is 0 Å². The van der Waals surface area contributed by atoms with Crippen LogP contribution in [0.15, 0.2) is 154 Å².